The Morgan fingerprint density at radius 1 is 1.36 bits per heavy atom. The van der Waals surface area contributed by atoms with Gasteiger partial charge in [0.25, 0.3) is 5.91 Å². The van der Waals surface area contributed by atoms with Crippen LogP contribution in [0.2, 0.25) is 0 Å². The highest BCUT2D eigenvalue weighted by atomic mass is 16.2. The molecule has 0 radical (unpaired) electrons. The molecule has 0 aliphatic heterocycles. The van der Waals surface area contributed by atoms with Gasteiger partial charge >= 0.3 is 0 Å². The number of amides is 1. The number of rotatable bonds is 2. The first kappa shape index (κ1) is 8.36. The van der Waals surface area contributed by atoms with Crippen molar-refractivity contribution in [1.82, 2.24) is 20.4 Å². The molecule has 0 aliphatic rings. The van der Waals surface area contributed by atoms with Crippen molar-refractivity contribution in [3.63, 3.8) is 0 Å². The zero-order valence-electron chi connectivity index (χ0n) is 7.14. The molecular weight excluding hydrogens is 182 g/mol. The summed E-state index contributed by atoms with van der Waals surface area (Å²) < 4.78 is 0. The molecule has 0 saturated heterocycles. The van der Waals surface area contributed by atoms with E-state index in [1.807, 2.05) is 0 Å². The first-order chi connectivity index (χ1) is 6.86. The zero-order chi connectivity index (χ0) is 9.80. The van der Waals surface area contributed by atoms with Gasteiger partial charge in [0.05, 0.1) is 6.20 Å². The summed E-state index contributed by atoms with van der Waals surface area (Å²) in [4.78, 5) is 15.3. The van der Waals surface area contributed by atoms with Crippen LogP contribution in [0.25, 0.3) is 0 Å². The van der Waals surface area contributed by atoms with E-state index in [1.54, 1.807) is 24.5 Å². The topological polar surface area (TPSA) is 83.6 Å². The second-order valence-corrected chi connectivity index (χ2v) is 2.55. The molecule has 0 aliphatic carbocycles. The van der Waals surface area contributed by atoms with Gasteiger partial charge in [-0.25, -0.2) is 0 Å². The molecule has 2 aromatic heterocycles. The van der Waals surface area contributed by atoms with Gasteiger partial charge in [-0.1, -0.05) is 0 Å². The molecule has 0 spiro atoms. The summed E-state index contributed by atoms with van der Waals surface area (Å²) in [7, 11) is 0. The highest BCUT2D eigenvalue weighted by Gasteiger charge is 2.07. The monoisotopic (exact) mass is 189 g/mol. The van der Waals surface area contributed by atoms with Gasteiger partial charge in [0.1, 0.15) is 0 Å². The summed E-state index contributed by atoms with van der Waals surface area (Å²) in [6.45, 7) is 0. The minimum atomic E-state index is -0.301. The molecule has 6 heteroatoms. The van der Waals surface area contributed by atoms with Gasteiger partial charge in [-0.3, -0.25) is 9.78 Å². The Balaban J connectivity index is 2.10. The van der Waals surface area contributed by atoms with E-state index in [2.05, 4.69) is 25.7 Å². The van der Waals surface area contributed by atoms with Gasteiger partial charge in [0, 0.05) is 18.1 Å². The molecule has 1 amide bonds. The third-order valence-electron chi connectivity index (χ3n) is 1.59. The number of carbonyl (C=O) groups excluding carboxylic acids is 1. The Hall–Kier alpha value is -2.24. The van der Waals surface area contributed by atoms with E-state index in [1.165, 1.54) is 6.20 Å². The average Bonchev–Trinajstić information content (AvgIpc) is 2.72. The van der Waals surface area contributed by atoms with Crippen LogP contribution in [-0.4, -0.2) is 26.3 Å². The largest absolute Gasteiger partial charge is 0.320 e. The Morgan fingerprint density at radius 3 is 2.79 bits per heavy atom. The van der Waals surface area contributed by atoms with Gasteiger partial charge in [-0.15, -0.1) is 0 Å². The van der Waals surface area contributed by atoms with Crippen molar-refractivity contribution in [2.45, 2.75) is 0 Å². The zero-order valence-corrected chi connectivity index (χ0v) is 7.14. The maximum atomic E-state index is 11.4. The second kappa shape index (κ2) is 3.65. The number of pyridine rings is 1. The maximum absolute atomic E-state index is 11.4. The fraction of sp³-hybridized carbons (Fsp3) is 0. The van der Waals surface area contributed by atoms with Crippen LogP contribution in [0.1, 0.15) is 10.5 Å². The number of aromatic nitrogens is 4. The number of aromatic amines is 1. The fourth-order valence-electron chi connectivity index (χ4n) is 0.941. The van der Waals surface area contributed by atoms with E-state index in [4.69, 9.17) is 0 Å². The molecule has 0 bridgehead atoms. The summed E-state index contributed by atoms with van der Waals surface area (Å²) in [6, 6.07) is 3.38. The van der Waals surface area contributed by atoms with Crippen molar-refractivity contribution in [2.75, 3.05) is 5.32 Å². The van der Waals surface area contributed by atoms with Crippen LogP contribution < -0.4 is 5.32 Å². The highest BCUT2D eigenvalue weighted by molar-refractivity contribution is 6.02. The lowest BCUT2D eigenvalue weighted by atomic mass is 10.3. The maximum Gasteiger partial charge on any atom is 0.277 e. The number of anilines is 1. The second-order valence-electron chi connectivity index (χ2n) is 2.55. The van der Waals surface area contributed by atoms with E-state index >= 15 is 0 Å². The highest BCUT2D eigenvalue weighted by Crippen LogP contribution is 2.04. The van der Waals surface area contributed by atoms with Crippen LogP contribution in [0, 0.1) is 0 Å². The quantitative estimate of drug-likeness (QED) is 0.718. The van der Waals surface area contributed by atoms with Crippen LogP contribution in [-0.2, 0) is 0 Å². The normalized spacial score (nSPS) is 9.71. The molecule has 2 rings (SSSR count). The first-order valence-electron chi connectivity index (χ1n) is 3.93. The van der Waals surface area contributed by atoms with E-state index in [0.717, 1.165) is 0 Å². The predicted octanol–water partition coefficient (Wildman–Crippen LogP) is 0.452. The van der Waals surface area contributed by atoms with Crippen molar-refractivity contribution in [1.29, 1.82) is 0 Å². The molecule has 0 aromatic carbocycles. The van der Waals surface area contributed by atoms with E-state index in [-0.39, 0.29) is 11.6 Å². The first-order valence-corrected chi connectivity index (χ1v) is 3.93. The lowest BCUT2D eigenvalue weighted by Gasteiger charge is -2.00. The van der Waals surface area contributed by atoms with Crippen LogP contribution >= 0.6 is 0 Å². The van der Waals surface area contributed by atoms with E-state index in [9.17, 15) is 4.79 Å². The standard InChI is InChI=1S/C8H7N5O/c14-8(7-5-10-13-12-7)11-6-1-3-9-4-2-6/h1-5H,(H,9,11,14)(H,10,12,13). The lowest BCUT2D eigenvalue weighted by molar-refractivity contribution is 0.102. The molecule has 0 unspecified atom stereocenters. The molecule has 6 nitrogen and oxygen atoms in total. The third kappa shape index (κ3) is 1.74. The number of H-pyrrole nitrogens is 1. The minimum Gasteiger partial charge on any atom is -0.320 e. The van der Waals surface area contributed by atoms with Crippen molar-refractivity contribution in [2.24, 2.45) is 0 Å². The minimum absolute atomic E-state index is 0.252. The van der Waals surface area contributed by atoms with Gasteiger partial charge in [-0.05, 0) is 12.1 Å². The van der Waals surface area contributed by atoms with Gasteiger partial charge in [0.15, 0.2) is 5.69 Å². The molecule has 0 saturated carbocycles. The van der Waals surface area contributed by atoms with Gasteiger partial charge in [-0.2, -0.15) is 15.4 Å². The van der Waals surface area contributed by atoms with Crippen LogP contribution in [0.4, 0.5) is 5.69 Å². The van der Waals surface area contributed by atoms with Crippen LogP contribution in [0.3, 0.4) is 0 Å². The van der Waals surface area contributed by atoms with E-state index in [0.29, 0.717) is 5.69 Å². The Kier molecular flexibility index (Phi) is 2.18. The molecule has 0 atom stereocenters. The van der Waals surface area contributed by atoms with Crippen molar-refractivity contribution < 1.29 is 4.79 Å². The van der Waals surface area contributed by atoms with Crippen LogP contribution in [0.15, 0.2) is 30.7 Å². The van der Waals surface area contributed by atoms with Crippen molar-refractivity contribution >= 4 is 11.6 Å². The molecular formula is C8H7N5O. The van der Waals surface area contributed by atoms with E-state index < -0.39 is 0 Å². The third-order valence-corrected chi connectivity index (χ3v) is 1.59. The number of hydrogen-bond acceptors (Lipinski definition) is 4. The number of carbonyl (C=O) groups is 1. The number of hydrogen-bond donors (Lipinski definition) is 2. The SMILES string of the molecule is O=C(Nc1ccncc1)c1cn[nH]n1. The van der Waals surface area contributed by atoms with Crippen molar-refractivity contribution in [3.8, 4) is 0 Å². The van der Waals surface area contributed by atoms with Crippen LogP contribution in [0.5, 0.6) is 0 Å². The lowest BCUT2D eigenvalue weighted by Crippen LogP contribution is -2.12. The summed E-state index contributed by atoms with van der Waals surface area (Å²) in [5.74, 6) is -0.301. The Bertz CT molecular complexity index is 411. The smallest absolute Gasteiger partial charge is 0.277 e. The molecule has 14 heavy (non-hydrogen) atoms. The molecule has 2 aromatic rings. The van der Waals surface area contributed by atoms with Gasteiger partial charge < -0.3 is 5.32 Å². The molecule has 70 valence electrons. The summed E-state index contributed by atoms with van der Waals surface area (Å²) in [6.07, 6.45) is 4.55. The summed E-state index contributed by atoms with van der Waals surface area (Å²) in [5, 5.41) is 12.2. The fourth-order valence-corrected chi connectivity index (χ4v) is 0.941. The molecule has 0 fully saturated rings. The Labute approximate surface area is 79.4 Å². The number of nitrogens with one attached hydrogen (secondary N) is 2. The number of nitrogens with zero attached hydrogens (tertiary/aromatic N) is 3. The summed E-state index contributed by atoms with van der Waals surface area (Å²) >= 11 is 0. The average molecular weight is 189 g/mol. The molecule has 2 heterocycles. The Morgan fingerprint density at radius 2 is 2.14 bits per heavy atom. The predicted molar refractivity (Wildman–Crippen MR) is 48.6 cm³/mol. The van der Waals surface area contributed by atoms with Crippen molar-refractivity contribution in [3.05, 3.63) is 36.4 Å². The molecule has 2 N–H and O–H groups in total. The summed E-state index contributed by atoms with van der Waals surface area (Å²) in [5.41, 5.74) is 0.926. The van der Waals surface area contributed by atoms with Gasteiger partial charge in [0.2, 0.25) is 0 Å².